The molecule has 0 atom stereocenters. The van der Waals surface area contributed by atoms with E-state index in [1.807, 2.05) is 49.9 Å². The molecule has 2 aliphatic rings. The molecule has 2 fully saturated rings. The zero-order valence-electron chi connectivity index (χ0n) is 24.0. The van der Waals surface area contributed by atoms with Gasteiger partial charge in [0.1, 0.15) is 5.60 Å². The minimum absolute atomic E-state index is 0.0213. The number of halogens is 1. The average molecular weight is 595 g/mol. The third-order valence-electron chi connectivity index (χ3n) is 7.62. The van der Waals surface area contributed by atoms with Gasteiger partial charge in [-0.05, 0) is 63.9 Å². The number of amides is 2. The van der Waals surface area contributed by atoms with Crippen LogP contribution in [0, 0.1) is 10.1 Å². The van der Waals surface area contributed by atoms with Gasteiger partial charge in [-0.1, -0.05) is 17.7 Å². The van der Waals surface area contributed by atoms with Crippen LogP contribution in [0.5, 0.6) is 0 Å². The van der Waals surface area contributed by atoms with Gasteiger partial charge in [-0.2, -0.15) is 5.10 Å². The molecule has 5 rings (SSSR count). The molecule has 1 aromatic heterocycles. The minimum atomic E-state index is -0.584. The normalized spacial score (nSPS) is 16.4. The Morgan fingerprint density at radius 2 is 1.62 bits per heavy atom. The van der Waals surface area contributed by atoms with Gasteiger partial charge in [-0.3, -0.25) is 14.9 Å². The van der Waals surface area contributed by atoms with E-state index in [0.717, 1.165) is 11.4 Å². The summed E-state index contributed by atoms with van der Waals surface area (Å²) >= 11 is 6.18. The van der Waals surface area contributed by atoms with Crippen molar-refractivity contribution in [2.24, 2.45) is 0 Å². The van der Waals surface area contributed by atoms with Crippen LogP contribution < -0.4 is 4.90 Å². The van der Waals surface area contributed by atoms with Crippen molar-refractivity contribution in [2.45, 2.75) is 45.1 Å². The molecule has 2 aromatic carbocycles. The van der Waals surface area contributed by atoms with Gasteiger partial charge in [0, 0.05) is 68.0 Å². The zero-order chi connectivity index (χ0) is 30.0. The maximum Gasteiger partial charge on any atom is 0.410 e. The maximum absolute atomic E-state index is 13.9. The Balaban J connectivity index is 1.38. The molecule has 222 valence electrons. The Labute approximate surface area is 249 Å². The minimum Gasteiger partial charge on any atom is -0.444 e. The zero-order valence-corrected chi connectivity index (χ0v) is 24.8. The Kier molecular flexibility index (Phi) is 8.40. The van der Waals surface area contributed by atoms with Crippen LogP contribution in [-0.4, -0.2) is 81.4 Å². The van der Waals surface area contributed by atoms with Crippen LogP contribution in [0.2, 0.25) is 5.02 Å². The summed E-state index contributed by atoms with van der Waals surface area (Å²) in [7, 11) is 0. The number of hydrogen-bond donors (Lipinski definition) is 0. The summed E-state index contributed by atoms with van der Waals surface area (Å²) in [6, 6.07) is 13.8. The molecule has 0 bridgehead atoms. The molecular formula is C30H35ClN6O5. The molecule has 0 N–H and O–H groups in total. The van der Waals surface area contributed by atoms with Crippen molar-refractivity contribution in [1.82, 2.24) is 19.6 Å². The number of piperidine rings is 1. The molecule has 0 unspecified atom stereocenters. The smallest absolute Gasteiger partial charge is 0.410 e. The molecule has 0 spiro atoms. The highest BCUT2D eigenvalue weighted by Crippen LogP contribution is 2.34. The molecule has 42 heavy (non-hydrogen) atoms. The first-order valence-electron chi connectivity index (χ1n) is 14.1. The number of non-ortho nitro benzene ring substituents is 1. The lowest BCUT2D eigenvalue weighted by molar-refractivity contribution is -0.384. The van der Waals surface area contributed by atoms with Crippen LogP contribution in [0.25, 0.3) is 5.69 Å². The molecule has 0 aliphatic carbocycles. The highest BCUT2D eigenvalue weighted by molar-refractivity contribution is 6.30. The van der Waals surface area contributed by atoms with Gasteiger partial charge in [0.05, 0.1) is 28.1 Å². The van der Waals surface area contributed by atoms with Crippen LogP contribution in [0.3, 0.4) is 0 Å². The van der Waals surface area contributed by atoms with Crippen LogP contribution in [0.15, 0.2) is 54.7 Å². The monoisotopic (exact) mass is 594 g/mol. The lowest BCUT2D eigenvalue weighted by atomic mass is 9.90. The first-order chi connectivity index (χ1) is 20.0. The fourth-order valence-corrected chi connectivity index (χ4v) is 5.69. The molecule has 0 radical (unpaired) electrons. The van der Waals surface area contributed by atoms with Crippen molar-refractivity contribution in [3.8, 4) is 5.69 Å². The van der Waals surface area contributed by atoms with E-state index in [1.165, 1.54) is 12.1 Å². The van der Waals surface area contributed by atoms with Crippen LogP contribution in [0.1, 0.15) is 55.6 Å². The third kappa shape index (κ3) is 6.51. The van der Waals surface area contributed by atoms with Gasteiger partial charge in [-0.15, -0.1) is 0 Å². The van der Waals surface area contributed by atoms with E-state index in [4.69, 9.17) is 16.3 Å². The predicted octanol–water partition coefficient (Wildman–Crippen LogP) is 5.51. The number of carbonyl (C=O) groups is 2. The lowest BCUT2D eigenvalue weighted by Gasteiger charge is -2.37. The molecular weight excluding hydrogens is 560 g/mol. The van der Waals surface area contributed by atoms with E-state index in [0.29, 0.717) is 68.4 Å². The van der Waals surface area contributed by atoms with E-state index in [2.05, 4.69) is 10.00 Å². The van der Waals surface area contributed by atoms with Crippen LogP contribution in [-0.2, 0) is 4.74 Å². The van der Waals surface area contributed by atoms with Crippen molar-refractivity contribution < 1.29 is 19.2 Å². The number of carbonyl (C=O) groups excluding carboxylic acids is 2. The van der Waals surface area contributed by atoms with Crippen molar-refractivity contribution in [2.75, 3.05) is 44.2 Å². The van der Waals surface area contributed by atoms with Crippen molar-refractivity contribution in [3.05, 3.63) is 81.1 Å². The molecule has 3 aromatic rings. The first-order valence-corrected chi connectivity index (χ1v) is 14.5. The van der Waals surface area contributed by atoms with Crippen molar-refractivity contribution >= 4 is 35.0 Å². The van der Waals surface area contributed by atoms with Crippen molar-refractivity contribution in [3.63, 3.8) is 0 Å². The van der Waals surface area contributed by atoms with Gasteiger partial charge in [0.2, 0.25) is 0 Å². The lowest BCUT2D eigenvalue weighted by Crippen LogP contribution is -2.49. The number of anilines is 1. The van der Waals surface area contributed by atoms with Crippen molar-refractivity contribution in [1.29, 1.82) is 0 Å². The largest absolute Gasteiger partial charge is 0.444 e. The summed E-state index contributed by atoms with van der Waals surface area (Å²) in [5, 5.41) is 16.5. The van der Waals surface area contributed by atoms with E-state index < -0.39 is 10.5 Å². The number of nitro groups is 1. The number of ether oxygens (including phenoxy) is 1. The fraction of sp³-hybridized carbons (Fsp3) is 0.433. The van der Waals surface area contributed by atoms with Gasteiger partial charge in [-0.25, -0.2) is 9.48 Å². The molecule has 2 aliphatic heterocycles. The van der Waals surface area contributed by atoms with E-state index in [9.17, 15) is 19.7 Å². The maximum atomic E-state index is 13.9. The van der Waals surface area contributed by atoms with Gasteiger partial charge in [0.15, 0.2) is 0 Å². The fourth-order valence-electron chi connectivity index (χ4n) is 5.51. The summed E-state index contributed by atoms with van der Waals surface area (Å²) in [4.78, 5) is 43.1. The topological polar surface area (TPSA) is 114 Å². The SMILES string of the molecule is CC(C)(C)OC(=O)N1CCC(c2c(C(=O)N3CCN(c4cccc(Cl)c4)CC3)cnn2-c2ccc([N+](=O)[O-])cc2)CC1. The predicted molar refractivity (Wildman–Crippen MR) is 160 cm³/mol. The highest BCUT2D eigenvalue weighted by atomic mass is 35.5. The molecule has 11 nitrogen and oxygen atoms in total. The number of nitrogens with zero attached hydrogens (tertiary/aromatic N) is 6. The second-order valence-electron chi connectivity index (χ2n) is 11.6. The number of piperazine rings is 1. The van der Waals surface area contributed by atoms with E-state index in [-0.39, 0.29) is 23.6 Å². The molecule has 3 heterocycles. The molecule has 12 heteroatoms. The standard InChI is InChI=1S/C30H35ClN6O5/c1-30(2,3)42-29(39)35-13-11-21(12-14-35)27-26(20-32-36(27)23-7-9-24(10-8-23)37(40)41)28(38)34-17-15-33(16-18-34)25-6-4-5-22(31)19-25/h4-10,19-21H,11-18H2,1-3H3. The van der Waals surface area contributed by atoms with Gasteiger partial charge in [0.25, 0.3) is 11.6 Å². The molecule has 2 amide bonds. The Morgan fingerprint density at radius 3 is 2.21 bits per heavy atom. The number of aromatic nitrogens is 2. The number of hydrogen-bond acceptors (Lipinski definition) is 7. The van der Waals surface area contributed by atoms with Crippen LogP contribution >= 0.6 is 11.6 Å². The number of nitro benzene ring substituents is 1. The molecule has 2 saturated heterocycles. The summed E-state index contributed by atoms with van der Waals surface area (Å²) in [6.45, 7) is 8.93. The summed E-state index contributed by atoms with van der Waals surface area (Å²) in [5.41, 5.74) is 2.33. The number of rotatable bonds is 5. The van der Waals surface area contributed by atoms with Crippen LogP contribution in [0.4, 0.5) is 16.2 Å². The van der Waals surface area contributed by atoms with Gasteiger partial charge >= 0.3 is 6.09 Å². The Hall–Kier alpha value is -4.12. The van der Waals surface area contributed by atoms with Gasteiger partial charge < -0.3 is 19.4 Å². The number of benzene rings is 2. The molecule has 0 saturated carbocycles. The summed E-state index contributed by atoms with van der Waals surface area (Å²) < 4.78 is 7.27. The Bertz CT molecular complexity index is 1450. The third-order valence-corrected chi connectivity index (χ3v) is 7.85. The summed E-state index contributed by atoms with van der Waals surface area (Å²) in [5.74, 6) is -0.147. The number of likely N-dealkylation sites (tertiary alicyclic amines) is 1. The summed E-state index contributed by atoms with van der Waals surface area (Å²) in [6.07, 6.45) is 2.50. The Morgan fingerprint density at radius 1 is 0.952 bits per heavy atom. The first kappa shape index (κ1) is 29.4. The van der Waals surface area contributed by atoms with E-state index >= 15 is 0 Å². The second kappa shape index (κ2) is 12.0. The van der Waals surface area contributed by atoms with E-state index in [1.54, 1.807) is 27.9 Å². The quantitative estimate of drug-likeness (QED) is 0.282. The highest BCUT2D eigenvalue weighted by Gasteiger charge is 2.34. The average Bonchev–Trinajstić information content (AvgIpc) is 3.41. The second-order valence-corrected chi connectivity index (χ2v) is 12.1.